The van der Waals surface area contributed by atoms with Crippen molar-refractivity contribution in [2.24, 2.45) is 0 Å². The summed E-state index contributed by atoms with van der Waals surface area (Å²) in [6, 6.07) is 1.53. The van der Waals surface area contributed by atoms with Gasteiger partial charge in [-0.3, -0.25) is 9.59 Å². The van der Waals surface area contributed by atoms with Gasteiger partial charge >= 0.3 is 5.97 Å². The van der Waals surface area contributed by atoms with Gasteiger partial charge in [-0.2, -0.15) is 0 Å². The number of nitrogens with one attached hydrogen (secondary N) is 1. The maximum absolute atomic E-state index is 11.8. The van der Waals surface area contributed by atoms with Crippen LogP contribution in [0.5, 0.6) is 0 Å². The Morgan fingerprint density at radius 2 is 2.25 bits per heavy atom. The van der Waals surface area contributed by atoms with Gasteiger partial charge < -0.3 is 15.3 Å². The fraction of sp³-hybridized carbons (Fsp3) is 0.417. The average Bonchev–Trinajstić information content (AvgIpc) is 2.93. The highest BCUT2D eigenvalue weighted by Gasteiger charge is 2.22. The molecule has 2 heterocycles. The van der Waals surface area contributed by atoms with Crippen molar-refractivity contribution in [3.05, 3.63) is 16.5 Å². The highest BCUT2D eigenvalue weighted by molar-refractivity contribution is 8.13. The molecule has 0 spiro atoms. The Morgan fingerprint density at radius 3 is 2.85 bits per heavy atom. The minimum Gasteiger partial charge on any atom is -0.478 e. The second-order valence-corrected chi connectivity index (χ2v) is 6.61. The minimum absolute atomic E-state index is 0.00371. The van der Waals surface area contributed by atoms with Crippen LogP contribution in [0.3, 0.4) is 0 Å². The fourth-order valence-electron chi connectivity index (χ4n) is 1.82. The standard InChI is InChI=1S/C12H14N2O4S2/c1-7-6-8(11(16)17)10(20-7)13-9(15)2-3-14-4-5-19-12(14)18/h6H,2-5H2,1H3,(H,13,15)(H,16,17). The molecule has 20 heavy (non-hydrogen) atoms. The molecular weight excluding hydrogens is 300 g/mol. The maximum atomic E-state index is 11.8. The van der Waals surface area contributed by atoms with Crippen LogP contribution in [0.2, 0.25) is 0 Å². The molecule has 1 aliphatic heterocycles. The van der Waals surface area contributed by atoms with Crippen molar-refractivity contribution in [1.29, 1.82) is 0 Å². The average molecular weight is 314 g/mol. The number of carboxylic acid groups (broad SMARTS) is 1. The van der Waals surface area contributed by atoms with Gasteiger partial charge in [0.2, 0.25) is 5.91 Å². The van der Waals surface area contributed by atoms with E-state index in [9.17, 15) is 14.4 Å². The molecule has 0 atom stereocenters. The number of thioether (sulfide) groups is 1. The third-order valence-electron chi connectivity index (χ3n) is 2.79. The molecule has 0 bridgehead atoms. The van der Waals surface area contributed by atoms with E-state index in [4.69, 9.17) is 5.11 Å². The number of anilines is 1. The Kier molecular flexibility index (Phi) is 4.66. The smallest absolute Gasteiger partial charge is 0.338 e. The molecule has 6 nitrogen and oxygen atoms in total. The first kappa shape index (κ1) is 14.9. The summed E-state index contributed by atoms with van der Waals surface area (Å²) >= 11 is 2.48. The third kappa shape index (κ3) is 3.51. The number of nitrogens with zero attached hydrogens (tertiary/aromatic N) is 1. The Balaban J connectivity index is 1.91. The summed E-state index contributed by atoms with van der Waals surface area (Å²) in [7, 11) is 0. The van der Waals surface area contributed by atoms with Crippen LogP contribution in [0.4, 0.5) is 9.80 Å². The van der Waals surface area contributed by atoms with E-state index < -0.39 is 5.97 Å². The topological polar surface area (TPSA) is 86.7 Å². The molecule has 2 N–H and O–H groups in total. The highest BCUT2D eigenvalue weighted by atomic mass is 32.2. The van der Waals surface area contributed by atoms with Crippen molar-refractivity contribution in [1.82, 2.24) is 4.90 Å². The first-order chi connectivity index (χ1) is 9.47. The van der Waals surface area contributed by atoms with E-state index >= 15 is 0 Å². The number of carbonyl (C=O) groups is 3. The van der Waals surface area contributed by atoms with Crippen LogP contribution in [-0.4, -0.2) is 46.0 Å². The first-order valence-corrected chi connectivity index (χ1v) is 7.83. The molecule has 0 aromatic carbocycles. The molecule has 108 valence electrons. The van der Waals surface area contributed by atoms with Crippen LogP contribution >= 0.6 is 23.1 Å². The highest BCUT2D eigenvalue weighted by Crippen LogP contribution is 2.27. The molecule has 1 aliphatic rings. The second-order valence-electron chi connectivity index (χ2n) is 4.30. The van der Waals surface area contributed by atoms with Gasteiger partial charge in [0.05, 0.1) is 5.56 Å². The van der Waals surface area contributed by atoms with E-state index in [0.717, 1.165) is 10.6 Å². The number of hydrogen-bond donors (Lipinski definition) is 2. The Bertz CT molecular complexity index is 556. The van der Waals surface area contributed by atoms with Gasteiger partial charge in [-0.05, 0) is 13.0 Å². The number of amides is 2. The zero-order valence-electron chi connectivity index (χ0n) is 10.8. The van der Waals surface area contributed by atoms with Crippen LogP contribution in [0.1, 0.15) is 21.7 Å². The fourth-order valence-corrected chi connectivity index (χ4v) is 3.59. The molecule has 1 aromatic rings. The number of aryl methyl sites for hydroxylation is 1. The lowest BCUT2D eigenvalue weighted by atomic mass is 10.3. The molecule has 0 radical (unpaired) electrons. The Morgan fingerprint density at radius 1 is 1.50 bits per heavy atom. The summed E-state index contributed by atoms with van der Waals surface area (Å²) in [5.41, 5.74) is 0.105. The van der Waals surface area contributed by atoms with E-state index in [2.05, 4.69) is 5.32 Å². The second kappa shape index (κ2) is 6.27. The monoisotopic (exact) mass is 314 g/mol. The lowest BCUT2D eigenvalue weighted by Gasteiger charge is -2.13. The molecule has 2 rings (SSSR count). The number of hydrogen-bond acceptors (Lipinski definition) is 5. The summed E-state index contributed by atoms with van der Waals surface area (Å²) in [6.45, 7) is 2.81. The normalized spacial score (nSPS) is 14.7. The van der Waals surface area contributed by atoms with Gasteiger partial charge in [-0.15, -0.1) is 11.3 Å². The predicted molar refractivity (Wildman–Crippen MR) is 78.7 cm³/mol. The molecule has 1 saturated heterocycles. The molecule has 8 heteroatoms. The van der Waals surface area contributed by atoms with Crippen molar-refractivity contribution >= 4 is 45.2 Å². The molecule has 0 unspecified atom stereocenters. The van der Waals surface area contributed by atoms with Crippen LogP contribution < -0.4 is 5.32 Å². The lowest BCUT2D eigenvalue weighted by molar-refractivity contribution is -0.116. The zero-order valence-corrected chi connectivity index (χ0v) is 12.5. The van der Waals surface area contributed by atoms with E-state index in [1.165, 1.54) is 29.2 Å². The first-order valence-electron chi connectivity index (χ1n) is 6.02. The lowest BCUT2D eigenvalue weighted by Crippen LogP contribution is -2.27. The third-order valence-corrected chi connectivity index (χ3v) is 4.65. The van der Waals surface area contributed by atoms with Crippen molar-refractivity contribution < 1.29 is 19.5 Å². The number of thiophene rings is 1. The molecular formula is C12H14N2O4S2. The van der Waals surface area contributed by atoms with Crippen molar-refractivity contribution in [3.8, 4) is 0 Å². The van der Waals surface area contributed by atoms with Gasteiger partial charge in [0.1, 0.15) is 5.00 Å². The maximum Gasteiger partial charge on any atom is 0.338 e. The zero-order chi connectivity index (χ0) is 14.7. The number of carboxylic acids is 1. The Labute approximate surface area is 124 Å². The summed E-state index contributed by atoms with van der Waals surface area (Å²) in [4.78, 5) is 36.7. The molecule has 0 aliphatic carbocycles. The van der Waals surface area contributed by atoms with E-state index in [0.29, 0.717) is 18.1 Å². The number of carbonyl (C=O) groups excluding carboxylic acids is 2. The molecule has 0 saturated carbocycles. The molecule has 2 amide bonds. The summed E-state index contributed by atoms with van der Waals surface area (Å²) < 4.78 is 0. The van der Waals surface area contributed by atoms with Gasteiger partial charge in [-0.1, -0.05) is 11.8 Å². The molecule has 1 aromatic heterocycles. The molecule has 1 fully saturated rings. The van der Waals surface area contributed by atoms with Crippen molar-refractivity contribution in [3.63, 3.8) is 0 Å². The van der Waals surface area contributed by atoms with Crippen molar-refractivity contribution in [2.45, 2.75) is 13.3 Å². The Hall–Kier alpha value is -1.54. The summed E-state index contributed by atoms with van der Waals surface area (Å²) in [6.07, 6.45) is 0.169. The number of rotatable bonds is 5. The summed E-state index contributed by atoms with van der Waals surface area (Å²) in [5, 5.41) is 12.0. The summed E-state index contributed by atoms with van der Waals surface area (Å²) in [5.74, 6) is -0.580. The predicted octanol–water partition coefficient (Wildman–Crippen LogP) is 2.25. The number of aromatic carboxylic acids is 1. The van der Waals surface area contributed by atoms with E-state index in [1.807, 2.05) is 0 Å². The van der Waals surface area contributed by atoms with Crippen LogP contribution in [0, 0.1) is 6.92 Å². The van der Waals surface area contributed by atoms with E-state index in [-0.39, 0.29) is 23.1 Å². The van der Waals surface area contributed by atoms with Crippen LogP contribution in [0.25, 0.3) is 0 Å². The van der Waals surface area contributed by atoms with Gasteiger partial charge in [0.25, 0.3) is 5.24 Å². The van der Waals surface area contributed by atoms with Crippen LogP contribution in [-0.2, 0) is 4.79 Å². The van der Waals surface area contributed by atoms with Crippen molar-refractivity contribution in [2.75, 3.05) is 24.2 Å². The van der Waals surface area contributed by atoms with E-state index in [1.54, 1.807) is 11.8 Å². The van der Waals surface area contributed by atoms with Gasteiger partial charge in [0, 0.05) is 30.1 Å². The van der Waals surface area contributed by atoms with Gasteiger partial charge in [0.15, 0.2) is 0 Å². The largest absolute Gasteiger partial charge is 0.478 e. The SMILES string of the molecule is Cc1cc(C(=O)O)c(NC(=O)CCN2CCSC2=O)s1. The van der Waals surface area contributed by atoms with Crippen LogP contribution in [0.15, 0.2) is 6.07 Å². The van der Waals surface area contributed by atoms with Gasteiger partial charge in [-0.25, -0.2) is 4.79 Å². The quantitative estimate of drug-likeness (QED) is 0.870. The minimum atomic E-state index is -1.06.